The number of aliphatic hydroxyl groups is 1. The molecule has 1 aliphatic heterocycles. The largest absolute Gasteiger partial charge is 0.507 e. The minimum Gasteiger partial charge on any atom is -0.507 e. The highest BCUT2D eigenvalue weighted by Crippen LogP contribution is 2.42. The van der Waals surface area contributed by atoms with Gasteiger partial charge in [0.15, 0.2) is 11.5 Å². The lowest BCUT2D eigenvalue weighted by molar-refractivity contribution is -0.139. The van der Waals surface area contributed by atoms with Gasteiger partial charge in [0, 0.05) is 12.1 Å². The van der Waals surface area contributed by atoms with Gasteiger partial charge in [0.25, 0.3) is 11.7 Å². The van der Waals surface area contributed by atoms with E-state index >= 15 is 0 Å². The molecule has 1 amide bonds. The third kappa shape index (κ3) is 4.04. The van der Waals surface area contributed by atoms with Crippen LogP contribution in [0.4, 0.5) is 0 Å². The molecule has 33 heavy (non-hydrogen) atoms. The zero-order valence-corrected chi connectivity index (χ0v) is 18.7. The van der Waals surface area contributed by atoms with E-state index in [-0.39, 0.29) is 22.8 Å². The zero-order valence-electron chi connectivity index (χ0n) is 18.7. The van der Waals surface area contributed by atoms with Crippen molar-refractivity contribution in [2.45, 2.75) is 32.7 Å². The predicted octanol–water partition coefficient (Wildman–Crippen LogP) is 5.17. The maximum Gasteiger partial charge on any atom is 0.295 e. The first-order chi connectivity index (χ1) is 16.0. The van der Waals surface area contributed by atoms with E-state index in [4.69, 9.17) is 4.74 Å². The van der Waals surface area contributed by atoms with Gasteiger partial charge in [-0.05, 0) is 41.8 Å². The summed E-state index contributed by atoms with van der Waals surface area (Å²) in [5.74, 6) is -1.32. The summed E-state index contributed by atoms with van der Waals surface area (Å²) in [4.78, 5) is 27.7. The fourth-order valence-electron chi connectivity index (χ4n) is 4.33. The molecule has 170 valence electrons. The average molecular weight is 446 g/mol. The van der Waals surface area contributed by atoms with Crippen LogP contribution in [0.1, 0.15) is 43.9 Å². The Labute approximate surface area is 192 Å². The summed E-state index contributed by atoms with van der Waals surface area (Å²) >= 11 is 0. The quantitative estimate of drug-likeness (QED) is 0.298. The van der Waals surface area contributed by atoms with Crippen molar-refractivity contribution >= 4 is 28.2 Å². The summed E-state index contributed by atoms with van der Waals surface area (Å²) in [5, 5.41) is 23.3. The second-order valence-electron chi connectivity index (χ2n) is 8.03. The molecule has 4 rings (SSSR count). The van der Waals surface area contributed by atoms with Gasteiger partial charge in [-0.15, -0.1) is 0 Å². The minimum absolute atomic E-state index is 0.0276. The van der Waals surface area contributed by atoms with Crippen LogP contribution in [0.2, 0.25) is 0 Å². The summed E-state index contributed by atoms with van der Waals surface area (Å²) in [6.07, 6.45) is 1.56. The summed E-state index contributed by atoms with van der Waals surface area (Å²) in [6.45, 7) is 4.54. The number of nitrogens with zero attached hydrogens (tertiary/aromatic N) is 1. The van der Waals surface area contributed by atoms with Crippen molar-refractivity contribution in [3.63, 3.8) is 0 Å². The van der Waals surface area contributed by atoms with Crippen LogP contribution in [0.25, 0.3) is 16.5 Å². The number of ketones is 1. The highest BCUT2D eigenvalue weighted by molar-refractivity contribution is 6.46. The second-order valence-corrected chi connectivity index (χ2v) is 8.03. The zero-order chi connectivity index (χ0) is 23.5. The van der Waals surface area contributed by atoms with Gasteiger partial charge in [-0.2, -0.15) is 0 Å². The number of hydrogen-bond acceptors (Lipinski definition) is 5. The van der Waals surface area contributed by atoms with Gasteiger partial charge in [-0.3, -0.25) is 9.59 Å². The van der Waals surface area contributed by atoms with Crippen LogP contribution in [0.15, 0.2) is 66.2 Å². The third-order valence-electron chi connectivity index (χ3n) is 5.94. The van der Waals surface area contributed by atoms with Crippen LogP contribution in [0.3, 0.4) is 0 Å². The van der Waals surface area contributed by atoms with Crippen LogP contribution in [-0.2, 0) is 9.59 Å². The molecular weight excluding hydrogens is 418 g/mol. The van der Waals surface area contributed by atoms with Crippen LogP contribution in [-0.4, -0.2) is 40.0 Å². The number of Topliss-reactive ketones (excluding diaryl/α,β-unsaturated/α-hetero) is 1. The molecule has 2 N–H and O–H groups in total. The number of rotatable bonds is 7. The summed E-state index contributed by atoms with van der Waals surface area (Å²) in [7, 11) is 0. The molecule has 1 aliphatic rings. The number of fused-ring (bicyclic) bond motifs is 1. The van der Waals surface area contributed by atoms with E-state index in [0.29, 0.717) is 30.7 Å². The maximum atomic E-state index is 13.2. The monoisotopic (exact) mass is 445 g/mol. The lowest BCUT2D eigenvalue weighted by Gasteiger charge is -2.26. The molecule has 1 heterocycles. The van der Waals surface area contributed by atoms with E-state index in [9.17, 15) is 19.8 Å². The number of carbonyl (C=O) groups is 2. The van der Waals surface area contributed by atoms with Gasteiger partial charge in [0.05, 0.1) is 18.2 Å². The van der Waals surface area contributed by atoms with Crippen molar-refractivity contribution in [2.75, 3.05) is 13.2 Å². The number of amides is 1. The molecule has 0 aromatic heterocycles. The molecule has 6 nitrogen and oxygen atoms in total. The van der Waals surface area contributed by atoms with Crippen LogP contribution < -0.4 is 4.74 Å². The molecule has 3 aromatic carbocycles. The molecule has 0 spiro atoms. The van der Waals surface area contributed by atoms with Crippen molar-refractivity contribution in [1.29, 1.82) is 0 Å². The van der Waals surface area contributed by atoms with E-state index in [0.717, 1.165) is 17.2 Å². The van der Waals surface area contributed by atoms with Gasteiger partial charge in [0.1, 0.15) is 5.76 Å². The number of benzene rings is 3. The van der Waals surface area contributed by atoms with Crippen molar-refractivity contribution < 1.29 is 24.5 Å². The number of phenols is 1. The molecule has 1 fully saturated rings. The van der Waals surface area contributed by atoms with E-state index in [1.807, 2.05) is 43.3 Å². The second kappa shape index (κ2) is 9.36. The van der Waals surface area contributed by atoms with Gasteiger partial charge in [-0.1, -0.05) is 61.9 Å². The Bertz CT molecular complexity index is 1240. The minimum atomic E-state index is -0.782. The molecule has 0 saturated carbocycles. The number of unbranched alkanes of at least 4 members (excludes halogenated alkanes) is 1. The van der Waals surface area contributed by atoms with Crippen molar-refractivity contribution in [1.82, 2.24) is 4.90 Å². The van der Waals surface area contributed by atoms with E-state index in [1.165, 1.54) is 11.0 Å². The molecule has 1 atom stereocenters. The Morgan fingerprint density at radius 2 is 1.79 bits per heavy atom. The van der Waals surface area contributed by atoms with E-state index < -0.39 is 17.7 Å². The lowest BCUT2D eigenvalue weighted by atomic mass is 9.93. The first-order valence-corrected chi connectivity index (χ1v) is 11.2. The smallest absolute Gasteiger partial charge is 0.295 e. The Morgan fingerprint density at radius 3 is 2.55 bits per heavy atom. The fraction of sp³-hybridized carbons (Fsp3) is 0.259. The molecule has 3 aromatic rings. The summed E-state index contributed by atoms with van der Waals surface area (Å²) in [6, 6.07) is 17.0. The molecule has 1 saturated heterocycles. The number of likely N-dealkylation sites (tertiary alicyclic amines) is 1. The number of hydrogen-bond donors (Lipinski definition) is 2. The van der Waals surface area contributed by atoms with Gasteiger partial charge >= 0.3 is 0 Å². The lowest BCUT2D eigenvalue weighted by Crippen LogP contribution is -2.30. The van der Waals surface area contributed by atoms with Crippen molar-refractivity contribution in [3.8, 4) is 11.5 Å². The fourth-order valence-corrected chi connectivity index (χ4v) is 4.33. The molecule has 0 bridgehead atoms. The van der Waals surface area contributed by atoms with Crippen molar-refractivity contribution in [3.05, 3.63) is 77.4 Å². The Kier molecular flexibility index (Phi) is 6.36. The number of phenolic OH excluding ortho intramolecular Hbond substituents is 1. The molecule has 0 radical (unpaired) electrons. The Hall–Kier alpha value is -3.80. The summed E-state index contributed by atoms with van der Waals surface area (Å²) < 4.78 is 5.53. The molecule has 1 unspecified atom stereocenters. The number of ether oxygens (including phenoxy) is 1. The average Bonchev–Trinajstić information content (AvgIpc) is 3.08. The third-order valence-corrected chi connectivity index (χ3v) is 5.94. The molecule has 0 aliphatic carbocycles. The Morgan fingerprint density at radius 1 is 1.03 bits per heavy atom. The van der Waals surface area contributed by atoms with Gasteiger partial charge in [0.2, 0.25) is 0 Å². The highest BCUT2D eigenvalue weighted by atomic mass is 16.5. The number of carbonyl (C=O) groups excluding carboxylic acids is 2. The molecular formula is C27H27NO5. The van der Waals surface area contributed by atoms with Crippen LogP contribution >= 0.6 is 0 Å². The standard InChI is InChI=1S/C27H27NO5/c1-3-5-15-28-24(18-13-14-21(29)22(16-18)33-4-2)23(26(31)27(28)32)25(30)20-12-8-10-17-9-6-7-11-19(17)20/h6-14,16,24,29-30H,3-5,15H2,1-2H3/b25-23+. The normalized spacial score (nSPS) is 17.6. The van der Waals surface area contributed by atoms with Crippen LogP contribution in [0, 0.1) is 0 Å². The maximum absolute atomic E-state index is 13.2. The van der Waals surface area contributed by atoms with E-state index in [1.54, 1.807) is 25.1 Å². The molecule has 6 heteroatoms. The SMILES string of the molecule is CCCCN1C(=O)C(=O)/C(=C(/O)c2cccc3ccccc23)C1c1ccc(O)c(OCC)c1. The van der Waals surface area contributed by atoms with Crippen LogP contribution in [0.5, 0.6) is 11.5 Å². The topological polar surface area (TPSA) is 87.1 Å². The Balaban J connectivity index is 1.93. The predicted molar refractivity (Wildman–Crippen MR) is 127 cm³/mol. The number of aliphatic hydroxyl groups excluding tert-OH is 1. The van der Waals surface area contributed by atoms with E-state index in [2.05, 4.69) is 0 Å². The first kappa shape index (κ1) is 22.4. The van der Waals surface area contributed by atoms with Gasteiger partial charge < -0.3 is 19.8 Å². The number of aromatic hydroxyl groups is 1. The van der Waals surface area contributed by atoms with Gasteiger partial charge in [-0.25, -0.2) is 0 Å². The summed E-state index contributed by atoms with van der Waals surface area (Å²) in [5.41, 5.74) is 1.13. The first-order valence-electron chi connectivity index (χ1n) is 11.2. The highest BCUT2D eigenvalue weighted by Gasteiger charge is 2.46. The van der Waals surface area contributed by atoms with Crippen molar-refractivity contribution in [2.24, 2.45) is 0 Å².